The van der Waals surface area contributed by atoms with E-state index in [2.05, 4.69) is 5.32 Å². The fraction of sp³-hybridized carbons (Fsp3) is 0.250. The van der Waals surface area contributed by atoms with Gasteiger partial charge in [0.15, 0.2) is 0 Å². The van der Waals surface area contributed by atoms with E-state index < -0.39 is 10.0 Å². The molecular formula is C20H23ClN2O4S. The molecule has 1 N–H and O–H groups in total. The molecule has 2 aromatic carbocycles. The number of amides is 1. The zero-order valence-electron chi connectivity index (χ0n) is 16.1. The SMILES string of the molecule is COc1ccc(/C=C/C(=O)N[C@@H](C)c2ccc(Cl)cc2)cc1S(=O)(=O)N(C)C. The molecule has 0 aliphatic heterocycles. The van der Waals surface area contributed by atoms with Crippen LogP contribution in [-0.4, -0.2) is 39.8 Å². The van der Waals surface area contributed by atoms with Crippen molar-refractivity contribution in [2.24, 2.45) is 0 Å². The third-order valence-corrected chi connectivity index (χ3v) is 6.19. The highest BCUT2D eigenvalue weighted by atomic mass is 35.5. The minimum atomic E-state index is -3.68. The van der Waals surface area contributed by atoms with E-state index in [1.807, 2.05) is 19.1 Å². The molecule has 0 aromatic heterocycles. The number of sulfonamides is 1. The van der Waals surface area contributed by atoms with E-state index in [0.29, 0.717) is 10.6 Å². The molecule has 0 heterocycles. The number of halogens is 1. The summed E-state index contributed by atoms with van der Waals surface area (Å²) in [5, 5.41) is 3.48. The standard InChI is InChI=1S/C20H23ClN2O4S/c1-14(16-7-9-17(21)10-8-16)22-20(24)12-6-15-5-11-18(27-4)19(13-15)28(25,26)23(2)3/h5-14H,1-4H3,(H,22,24)/b12-6+/t14-/m0/s1. The molecule has 1 amide bonds. The molecule has 0 spiro atoms. The van der Waals surface area contributed by atoms with Crippen LogP contribution in [0.4, 0.5) is 0 Å². The van der Waals surface area contributed by atoms with Gasteiger partial charge in [0.25, 0.3) is 0 Å². The lowest BCUT2D eigenvalue weighted by atomic mass is 10.1. The van der Waals surface area contributed by atoms with Crippen LogP contribution in [0.1, 0.15) is 24.1 Å². The van der Waals surface area contributed by atoms with Crippen LogP contribution in [0.2, 0.25) is 5.02 Å². The highest BCUT2D eigenvalue weighted by molar-refractivity contribution is 7.89. The number of hydrogen-bond donors (Lipinski definition) is 1. The molecule has 8 heteroatoms. The van der Waals surface area contributed by atoms with Gasteiger partial charge in [-0.15, -0.1) is 0 Å². The smallest absolute Gasteiger partial charge is 0.246 e. The van der Waals surface area contributed by atoms with E-state index in [0.717, 1.165) is 9.87 Å². The van der Waals surface area contributed by atoms with Crippen LogP contribution in [0.5, 0.6) is 5.75 Å². The third kappa shape index (κ3) is 5.34. The molecule has 2 aromatic rings. The second-order valence-electron chi connectivity index (χ2n) is 6.31. The Labute approximate surface area is 170 Å². The Kier molecular flexibility index (Phi) is 7.23. The number of nitrogens with one attached hydrogen (secondary N) is 1. The molecule has 0 bridgehead atoms. The van der Waals surface area contributed by atoms with Crippen molar-refractivity contribution < 1.29 is 17.9 Å². The third-order valence-electron chi connectivity index (χ3n) is 4.10. The average molecular weight is 423 g/mol. The minimum Gasteiger partial charge on any atom is -0.495 e. The zero-order valence-corrected chi connectivity index (χ0v) is 17.7. The Bertz CT molecular complexity index is 970. The van der Waals surface area contributed by atoms with Gasteiger partial charge in [-0.05, 0) is 48.4 Å². The van der Waals surface area contributed by atoms with E-state index in [-0.39, 0.29) is 22.6 Å². The molecule has 0 aliphatic carbocycles. The van der Waals surface area contributed by atoms with Gasteiger partial charge in [0, 0.05) is 25.2 Å². The van der Waals surface area contributed by atoms with Crippen LogP contribution >= 0.6 is 11.6 Å². The summed E-state index contributed by atoms with van der Waals surface area (Å²) in [5.41, 5.74) is 1.49. The second-order valence-corrected chi connectivity index (χ2v) is 8.87. The van der Waals surface area contributed by atoms with Gasteiger partial charge in [-0.3, -0.25) is 4.79 Å². The summed E-state index contributed by atoms with van der Waals surface area (Å²) in [6, 6.07) is 11.7. The van der Waals surface area contributed by atoms with Gasteiger partial charge in [-0.25, -0.2) is 12.7 Å². The number of methoxy groups -OCH3 is 1. The Hall–Kier alpha value is -2.35. The monoisotopic (exact) mass is 422 g/mol. The molecular weight excluding hydrogens is 400 g/mol. The number of carbonyl (C=O) groups is 1. The Morgan fingerprint density at radius 2 is 1.82 bits per heavy atom. The molecule has 0 unspecified atom stereocenters. The first-order valence-corrected chi connectivity index (χ1v) is 10.3. The molecule has 0 saturated heterocycles. The van der Waals surface area contributed by atoms with Crippen molar-refractivity contribution in [2.45, 2.75) is 17.9 Å². The lowest BCUT2D eigenvalue weighted by Crippen LogP contribution is -2.24. The quantitative estimate of drug-likeness (QED) is 0.693. The van der Waals surface area contributed by atoms with Crippen molar-refractivity contribution in [1.29, 1.82) is 0 Å². The van der Waals surface area contributed by atoms with Crippen molar-refractivity contribution in [3.8, 4) is 5.75 Å². The summed E-state index contributed by atoms with van der Waals surface area (Å²) in [4.78, 5) is 12.2. The lowest BCUT2D eigenvalue weighted by molar-refractivity contribution is -0.117. The summed E-state index contributed by atoms with van der Waals surface area (Å²) in [6.45, 7) is 1.87. The highest BCUT2D eigenvalue weighted by Gasteiger charge is 2.22. The van der Waals surface area contributed by atoms with Crippen molar-refractivity contribution in [3.05, 3.63) is 64.7 Å². The van der Waals surface area contributed by atoms with Crippen LogP contribution < -0.4 is 10.1 Å². The van der Waals surface area contributed by atoms with Crippen LogP contribution in [0.15, 0.2) is 53.4 Å². The molecule has 6 nitrogen and oxygen atoms in total. The topological polar surface area (TPSA) is 75.7 Å². The summed E-state index contributed by atoms with van der Waals surface area (Å²) in [6.07, 6.45) is 2.92. The maximum absolute atomic E-state index is 12.5. The van der Waals surface area contributed by atoms with E-state index >= 15 is 0 Å². The highest BCUT2D eigenvalue weighted by Crippen LogP contribution is 2.27. The number of rotatable bonds is 7. The fourth-order valence-corrected chi connectivity index (χ4v) is 3.67. The summed E-state index contributed by atoms with van der Waals surface area (Å²) < 4.78 is 31.2. The number of carbonyl (C=O) groups excluding carboxylic acids is 1. The molecule has 0 fully saturated rings. The fourth-order valence-electron chi connectivity index (χ4n) is 2.46. The summed E-state index contributed by atoms with van der Waals surface area (Å²) >= 11 is 5.87. The van der Waals surface area contributed by atoms with Crippen molar-refractivity contribution in [3.63, 3.8) is 0 Å². The number of nitrogens with zero attached hydrogens (tertiary/aromatic N) is 1. The van der Waals surface area contributed by atoms with Crippen molar-refractivity contribution >= 4 is 33.6 Å². The summed E-state index contributed by atoms with van der Waals surface area (Å²) in [5.74, 6) is -0.0538. The predicted molar refractivity (Wildman–Crippen MR) is 111 cm³/mol. The molecule has 0 radical (unpaired) electrons. The van der Waals surface area contributed by atoms with Crippen molar-refractivity contribution in [1.82, 2.24) is 9.62 Å². The maximum atomic E-state index is 12.5. The largest absolute Gasteiger partial charge is 0.495 e. The van der Waals surface area contributed by atoms with Crippen LogP contribution in [0.25, 0.3) is 6.08 Å². The Morgan fingerprint density at radius 1 is 1.18 bits per heavy atom. The van der Waals surface area contributed by atoms with Gasteiger partial charge in [-0.2, -0.15) is 0 Å². The Morgan fingerprint density at radius 3 is 2.39 bits per heavy atom. The van der Waals surface area contributed by atoms with E-state index in [4.69, 9.17) is 16.3 Å². The molecule has 2 rings (SSSR count). The molecule has 150 valence electrons. The minimum absolute atomic E-state index is 0.0390. The lowest BCUT2D eigenvalue weighted by Gasteiger charge is -2.15. The van der Waals surface area contributed by atoms with E-state index in [1.165, 1.54) is 33.3 Å². The molecule has 1 atom stereocenters. The molecule has 0 saturated carbocycles. The van der Waals surface area contributed by atoms with E-state index in [1.54, 1.807) is 30.3 Å². The van der Waals surface area contributed by atoms with Gasteiger partial charge in [0.2, 0.25) is 15.9 Å². The maximum Gasteiger partial charge on any atom is 0.246 e. The van der Waals surface area contributed by atoms with Gasteiger partial charge in [0.1, 0.15) is 10.6 Å². The van der Waals surface area contributed by atoms with Crippen LogP contribution in [-0.2, 0) is 14.8 Å². The van der Waals surface area contributed by atoms with Crippen LogP contribution in [0.3, 0.4) is 0 Å². The van der Waals surface area contributed by atoms with Crippen LogP contribution in [0, 0.1) is 0 Å². The van der Waals surface area contributed by atoms with Gasteiger partial charge in [-0.1, -0.05) is 29.8 Å². The normalized spacial score (nSPS) is 12.9. The van der Waals surface area contributed by atoms with Gasteiger partial charge in [0.05, 0.1) is 13.2 Å². The summed E-state index contributed by atoms with van der Waals surface area (Å²) in [7, 11) is 0.626. The first-order valence-electron chi connectivity index (χ1n) is 8.49. The predicted octanol–water partition coefficient (Wildman–Crippen LogP) is 3.49. The Balaban J connectivity index is 2.17. The number of ether oxygens (including phenoxy) is 1. The number of hydrogen-bond acceptors (Lipinski definition) is 4. The van der Waals surface area contributed by atoms with Crippen molar-refractivity contribution in [2.75, 3.05) is 21.2 Å². The molecule has 28 heavy (non-hydrogen) atoms. The molecule has 0 aliphatic rings. The first-order chi connectivity index (χ1) is 13.1. The zero-order chi connectivity index (χ0) is 20.9. The van der Waals surface area contributed by atoms with Gasteiger partial charge < -0.3 is 10.1 Å². The second kappa shape index (κ2) is 9.23. The number of benzene rings is 2. The van der Waals surface area contributed by atoms with E-state index in [9.17, 15) is 13.2 Å². The average Bonchev–Trinajstić information content (AvgIpc) is 2.66. The van der Waals surface area contributed by atoms with Gasteiger partial charge >= 0.3 is 0 Å². The first kappa shape index (κ1) is 21.9.